The number of anilines is 1. The summed E-state index contributed by atoms with van der Waals surface area (Å²) < 4.78 is 28.0. The van der Waals surface area contributed by atoms with Gasteiger partial charge in [-0.25, -0.2) is 0 Å². The van der Waals surface area contributed by atoms with Crippen LogP contribution in [0, 0.1) is 0 Å². The van der Waals surface area contributed by atoms with Crippen LogP contribution in [0.4, 0.5) is 5.69 Å². The van der Waals surface area contributed by atoms with E-state index in [0.29, 0.717) is 65.9 Å². The molecule has 1 saturated heterocycles. The second-order valence-electron chi connectivity index (χ2n) is 15.4. The van der Waals surface area contributed by atoms with E-state index in [1.54, 1.807) is 12.1 Å². The third kappa shape index (κ3) is 20.2. The topological polar surface area (TPSA) is 159 Å². The molecule has 0 aliphatic carbocycles. The van der Waals surface area contributed by atoms with Crippen LogP contribution in [0.2, 0.25) is 0 Å². The van der Waals surface area contributed by atoms with Crippen LogP contribution in [0.3, 0.4) is 0 Å². The normalized spacial score (nSPS) is 15.3. The molecule has 13 nitrogen and oxygen atoms in total. The number of carbonyl (C=O) groups is 5. The zero-order valence-electron chi connectivity index (χ0n) is 35.5. The first-order valence-electron chi connectivity index (χ1n) is 22.5. The first-order chi connectivity index (χ1) is 28.4. The number of imide groups is 2. The van der Waals surface area contributed by atoms with E-state index in [9.17, 15) is 24.0 Å². The van der Waals surface area contributed by atoms with Crippen molar-refractivity contribution in [3.05, 3.63) is 29.3 Å². The summed E-state index contributed by atoms with van der Waals surface area (Å²) in [5.74, 6) is -2.66. The molecule has 0 spiro atoms. The van der Waals surface area contributed by atoms with Gasteiger partial charge in [0.25, 0.3) is 11.8 Å². The van der Waals surface area contributed by atoms with Crippen LogP contribution in [0.25, 0.3) is 0 Å². The summed E-state index contributed by atoms with van der Waals surface area (Å²) >= 11 is 0. The highest BCUT2D eigenvalue weighted by Crippen LogP contribution is 2.32. The summed E-state index contributed by atoms with van der Waals surface area (Å²) in [5.41, 5.74) is 0.417. The van der Waals surface area contributed by atoms with E-state index in [4.69, 9.17) is 23.7 Å². The Morgan fingerprint density at radius 1 is 0.603 bits per heavy atom. The SMILES string of the molecule is CCCCCCCCCCCCCCCCCCOCCOCCOCCOCCOCCCCCC(=O)Nc1cccc2c1C(=O)N(C1CCC(=O)NC1=O)C2=O. The van der Waals surface area contributed by atoms with Gasteiger partial charge >= 0.3 is 0 Å². The molecular weight excluding hydrogens is 743 g/mol. The number of amides is 5. The molecular formula is C45H73N3O10. The summed E-state index contributed by atoms with van der Waals surface area (Å²) in [5, 5.41) is 4.93. The van der Waals surface area contributed by atoms with Crippen molar-refractivity contribution in [3.63, 3.8) is 0 Å². The molecule has 13 heteroatoms. The average molecular weight is 816 g/mol. The van der Waals surface area contributed by atoms with Crippen LogP contribution in [-0.2, 0) is 38.1 Å². The molecule has 1 atom stereocenters. The van der Waals surface area contributed by atoms with Gasteiger partial charge in [0.1, 0.15) is 6.04 Å². The quantitative estimate of drug-likeness (QED) is 0.0499. The van der Waals surface area contributed by atoms with Gasteiger partial charge in [-0.3, -0.25) is 34.2 Å². The first kappa shape index (κ1) is 49.1. The highest BCUT2D eigenvalue weighted by Gasteiger charge is 2.45. The maximum absolute atomic E-state index is 13.2. The average Bonchev–Trinajstić information content (AvgIpc) is 3.47. The third-order valence-corrected chi connectivity index (χ3v) is 10.6. The number of hydrogen-bond donors (Lipinski definition) is 2. The molecule has 1 fully saturated rings. The Morgan fingerprint density at radius 3 is 1.53 bits per heavy atom. The summed E-state index contributed by atoms with van der Waals surface area (Å²) in [4.78, 5) is 63.6. The predicted molar refractivity (Wildman–Crippen MR) is 224 cm³/mol. The van der Waals surface area contributed by atoms with E-state index < -0.39 is 29.7 Å². The van der Waals surface area contributed by atoms with Crippen molar-refractivity contribution in [2.75, 3.05) is 71.4 Å². The van der Waals surface area contributed by atoms with Gasteiger partial charge in [-0.15, -0.1) is 0 Å². The molecule has 1 aromatic carbocycles. The number of nitrogens with zero attached hydrogens (tertiary/aromatic N) is 1. The van der Waals surface area contributed by atoms with Crippen molar-refractivity contribution in [3.8, 4) is 0 Å². The Morgan fingerprint density at radius 2 is 1.05 bits per heavy atom. The van der Waals surface area contributed by atoms with Gasteiger partial charge in [-0.2, -0.15) is 0 Å². The Kier molecular flexibility index (Phi) is 26.8. The molecule has 2 heterocycles. The fraction of sp³-hybridized carbons (Fsp3) is 0.756. The van der Waals surface area contributed by atoms with Gasteiger partial charge in [0.15, 0.2) is 0 Å². The fourth-order valence-electron chi connectivity index (χ4n) is 7.23. The molecule has 2 aliphatic rings. The monoisotopic (exact) mass is 816 g/mol. The van der Waals surface area contributed by atoms with E-state index in [1.807, 2.05) is 0 Å². The molecule has 5 amide bonds. The number of carbonyl (C=O) groups excluding carboxylic acids is 5. The van der Waals surface area contributed by atoms with Crippen LogP contribution in [0.15, 0.2) is 18.2 Å². The minimum atomic E-state index is -1.06. The second-order valence-corrected chi connectivity index (χ2v) is 15.4. The lowest BCUT2D eigenvalue weighted by Gasteiger charge is -2.27. The number of rotatable bonds is 37. The largest absolute Gasteiger partial charge is 0.379 e. The highest BCUT2D eigenvalue weighted by molar-refractivity contribution is 6.26. The van der Waals surface area contributed by atoms with Gasteiger partial charge in [0, 0.05) is 26.1 Å². The maximum Gasteiger partial charge on any atom is 0.264 e. The van der Waals surface area contributed by atoms with Crippen molar-refractivity contribution in [1.29, 1.82) is 0 Å². The van der Waals surface area contributed by atoms with E-state index >= 15 is 0 Å². The molecule has 0 aromatic heterocycles. The Labute approximate surface area is 347 Å². The van der Waals surface area contributed by atoms with Gasteiger partial charge in [-0.05, 0) is 37.8 Å². The number of unbranched alkanes of at least 4 members (excludes halogenated alkanes) is 17. The predicted octanol–water partition coefficient (Wildman–Crippen LogP) is 7.93. The molecule has 58 heavy (non-hydrogen) atoms. The standard InChI is InChI=1S/C45H73N3O10/c1-2-3-4-5-6-7-8-9-10-11-12-13-14-15-16-19-27-54-29-31-56-33-35-58-36-34-57-32-30-55-28-20-17-18-24-40(49)46-38-23-21-22-37-42(38)45(53)48(44(37)52)39-25-26-41(50)47-43(39)51/h21-23,39H,2-20,24-36H2,1H3,(H,46,49)(H,47,50,51). The number of piperidine rings is 1. The molecule has 3 rings (SSSR count). The summed E-state index contributed by atoms with van der Waals surface area (Å²) in [6.45, 7) is 7.84. The van der Waals surface area contributed by atoms with Gasteiger partial charge in [0.2, 0.25) is 17.7 Å². The van der Waals surface area contributed by atoms with Crippen LogP contribution in [0.1, 0.15) is 169 Å². The summed E-state index contributed by atoms with van der Waals surface area (Å²) in [6, 6.07) is 3.57. The molecule has 2 aliphatic heterocycles. The minimum absolute atomic E-state index is 0.0368. The zero-order valence-corrected chi connectivity index (χ0v) is 35.5. The lowest BCUT2D eigenvalue weighted by Crippen LogP contribution is -2.54. The number of ether oxygens (including phenoxy) is 5. The smallest absolute Gasteiger partial charge is 0.264 e. The lowest BCUT2D eigenvalue weighted by atomic mass is 10.0. The van der Waals surface area contributed by atoms with Gasteiger partial charge in [-0.1, -0.05) is 116 Å². The Hall–Kier alpha value is -3.23. The molecule has 0 saturated carbocycles. The van der Waals surface area contributed by atoms with Crippen molar-refractivity contribution in [1.82, 2.24) is 10.2 Å². The summed E-state index contributed by atoms with van der Waals surface area (Å²) in [7, 11) is 0. The molecule has 0 bridgehead atoms. The van der Waals surface area contributed by atoms with Crippen molar-refractivity contribution in [2.45, 2.75) is 154 Å². The minimum Gasteiger partial charge on any atom is -0.379 e. The molecule has 1 aromatic rings. The molecule has 1 unspecified atom stereocenters. The van der Waals surface area contributed by atoms with Crippen LogP contribution in [0.5, 0.6) is 0 Å². The van der Waals surface area contributed by atoms with E-state index in [-0.39, 0.29) is 42.0 Å². The first-order valence-corrected chi connectivity index (χ1v) is 22.5. The van der Waals surface area contributed by atoms with Crippen LogP contribution in [-0.4, -0.2) is 107 Å². The number of hydrogen-bond acceptors (Lipinski definition) is 10. The second kappa shape index (κ2) is 31.7. The molecule has 328 valence electrons. The summed E-state index contributed by atoms with van der Waals surface area (Å²) in [6.07, 6.45) is 24.5. The lowest BCUT2D eigenvalue weighted by molar-refractivity contribution is -0.136. The Balaban J connectivity index is 1.02. The zero-order chi connectivity index (χ0) is 41.5. The van der Waals surface area contributed by atoms with Crippen LogP contribution >= 0.6 is 0 Å². The van der Waals surface area contributed by atoms with Crippen molar-refractivity contribution >= 4 is 35.2 Å². The van der Waals surface area contributed by atoms with Gasteiger partial charge in [0.05, 0.1) is 69.7 Å². The third-order valence-electron chi connectivity index (χ3n) is 10.6. The number of nitrogens with one attached hydrogen (secondary N) is 2. The maximum atomic E-state index is 13.2. The highest BCUT2D eigenvalue weighted by atomic mass is 16.6. The van der Waals surface area contributed by atoms with E-state index in [2.05, 4.69) is 17.6 Å². The van der Waals surface area contributed by atoms with Crippen LogP contribution < -0.4 is 10.6 Å². The number of fused-ring (bicyclic) bond motifs is 1. The van der Waals surface area contributed by atoms with E-state index in [1.165, 1.54) is 102 Å². The Bertz CT molecular complexity index is 1340. The van der Waals surface area contributed by atoms with E-state index in [0.717, 1.165) is 30.8 Å². The van der Waals surface area contributed by atoms with Crippen molar-refractivity contribution in [2.24, 2.45) is 0 Å². The molecule has 2 N–H and O–H groups in total. The van der Waals surface area contributed by atoms with Crippen molar-refractivity contribution < 1.29 is 47.7 Å². The number of benzene rings is 1. The fourth-order valence-corrected chi connectivity index (χ4v) is 7.23. The van der Waals surface area contributed by atoms with Gasteiger partial charge < -0.3 is 29.0 Å². The molecule has 0 radical (unpaired) electrons.